The number of nitrogens with zero attached hydrogens (tertiary/aromatic N) is 5. The first kappa shape index (κ1) is 24.1. The summed E-state index contributed by atoms with van der Waals surface area (Å²) in [6.07, 6.45) is 3.59. The molecule has 2 aliphatic rings. The highest BCUT2D eigenvalue weighted by Crippen LogP contribution is 2.26. The molecular formula is C29H35N5O2. The van der Waals surface area contributed by atoms with Gasteiger partial charge in [0, 0.05) is 51.0 Å². The van der Waals surface area contributed by atoms with Crippen molar-refractivity contribution in [1.82, 2.24) is 14.7 Å². The number of benzene rings is 2. The van der Waals surface area contributed by atoms with Crippen LogP contribution in [0.1, 0.15) is 29.5 Å². The number of amides is 1. The van der Waals surface area contributed by atoms with Gasteiger partial charge in [-0.2, -0.15) is 5.10 Å². The number of hydrogen-bond donors (Lipinski definition) is 0. The van der Waals surface area contributed by atoms with Crippen molar-refractivity contribution >= 4 is 17.3 Å². The molecule has 1 aromatic heterocycles. The van der Waals surface area contributed by atoms with Crippen LogP contribution in [0.2, 0.25) is 0 Å². The number of aryl methyl sites for hydroxylation is 1. The van der Waals surface area contributed by atoms with E-state index in [0.29, 0.717) is 13.1 Å². The second-order valence-electron chi connectivity index (χ2n) is 10.0. The standard InChI is InChI=1S/C29H35N5O2/c1-22-8-6-12-27(23(22)2)31-14-16-32(17-15-31)29(36)25-11-7-13-33(21-25)26-18-28(35)34(30-19-26)20-24-9-4-3-5-10-24/h3-6,8-10,12,18-19,25H,7,11,13-17,20-21H2,1-2H3. The smallest absolute Gasteiger partial charge is 0.269 e. The van der Waals surface area contributed by atoms with Crippen molar-refractivity contribution in [3.63, 3.8) is 0 Å². The molecule has 7 nitrogen and oxygen atoms in total. The molecule has 3 aromatic rings. The molecule has 2 aromatic carbocycles. The average Bonchev–Trinajstić information content (AvgIpc) is 2.92. The zero-order chi connectivity index (χ0) is 25.1. The summed E-state index contributed by atoms with van der Waals surface area (Å²) in [4.78, 5) is 32.7. The molecule has 3 heterocycles. The van der Waals surface area contributed by atoms with Crippen LogP contribution in [-0.2, 0) is 11.3 Å². The summed E-state index contributed by atoms with van der Waals surface area (Å²) in [6, 6.07) is 18.0. The van der Waals surface area contributed by atoms with Crippen molar-refractivity contribution in [2.45, 2.75) is 33.2 Å². The van der Waals surface area contributed by atoms with E-state index < -0.39 is 0 Å². The van der Waals surface area contributed by atoms with Gasteiger partial charge in [-0.05, 0) is 49.4 Å². The lowest BCUT2D eigenvalue weighted by Gasteiger charge is -2.40. The van der Waals surface area contributed by atoms with Crippen LogP contribution in [0.3, 0.4) is 0 Å². The fraction of sp³-hybridized carbons (Fsp3) is 0.414. The van der Waals surface area contributed by atoms with E-state index in [9.17, 15) is 9.59 Å². The van der Waals surface area contributed by atoms with Gasteiger partial charge in [-0.25, -0.2) is 4.68 Å². The van der Waals surface area contributed by atoms with E-state index in [0.717, 1.165) is 56.8 Å². The van der Waals surface area contributed by atoms with Crippen LogP contribution in [0.25, 0.3) is 0 Å². The maximum Gasteiger partial charge on any atom is 0.269 e. The Labute approximate surface area is 212 Å². The maximum absolute atomic E-state index is 13.4. The summed E-state index contributed by atoms with van der Waals surface area (Å²) in [5.74, 6) is 0.198. The van der Waals surface area contributed by atoms with Crippen LogP contribution in [0.4, 0.5) is 11.4 Å². The van der Waals surface area contributed by atoms with Crippen LogP contribution in [0.15, 0.2) is 65.6 Å². The van der Waals surface area contributed by atoms with Crippen molar-refractivity contribution in [1.29, 1.82) is 0 Å². The zero-order valence-electron chi connectivity index (χ0n) is 21.3. The largest absolute Gasteiger partial charge is 0.369 e. The number of carbonyl (C=O) groups excluding carboxylic acids is 1. The summed E-state index contributed by atoms with van der Waals surface area (Å²) in [6.45, 7) is 9.47. The van der Waals surface area contributed by atoms with Gasteiger partial charge in [0.05, 0.1) is 24.3 Å². The van der Waals surface area contributed by atoms with E-state index in [1.54, 1.807) is 12.3 Å². The molecule has 1 atom stereocenters. The Morgan fingerprint density at radius 2 is 1.72 bits per heavy atom. The molecular weight excluding hydrogens is 450 g/mol. The minimum absolute atomic E-state index is 0.0437. The third-order valence-electron chi connectivity index (χ3n) is 7.67. The fourth-order valence-corrected chi connectivity index (χ4v) is 5.39. The van der Waals surface area contributed by atoms with Gasteiger partial charge >= 0.3 is 0 Å². The van der Waals surface area contributed by atoms with E-state index in [-0.39, 0.29) is 17.4 Å². The second kappa shape index (κ2) is 10.6. The highest BCUT2D eigenvalue weighted by Gasteiger charge is 2.31. The third kappa shape index (κ3) is 5.15. The molecule has 0 bridgehead atoms. The molecule has 2 saturated heterocycles. The molecule has 2 fully saturated rings. The van der Waals surface area contributed by atoms with Crippen molar-refractivity contribution in [2.75, 3.05) is 49.1 Å². The Bertz CT molecular complexity index is 1260. The molecule has 1 amide bonds. The Hall–Kier alpha value is -3.61. The molecule has 0 N–H and O–H groups in total. The van der Waals surface area contributed by atoms with E-state index in [4.69, 9.17) is 0 Å². The summed E-state index contributed by atoms with van der Waals surface area (Å²) in [5.41, 5.74) is 5.63. The number of hydrogen-bond acceptors (Lipinski definition) is 5. The molecule has 36 heavy (non-hydrogen) atoms. The minimum atomic E-state index is -0.118. The van der Waals surface area contributed by atoms with Crippen molar-refractivity contribution in [2.24, 2.45) is 5.92 Å². The van der Waals surface area contributed by atoms with E-state index in [2.05, 4.69) is 46.9 Å². The molecule has 1 unspecified atom stereocenters. The van der Waals surface area contributed by atoms with Crippen LogP contribution in [0.5, 0.6) is 0 Å². The second-order valence-corrected chi connectivity index (χ2v) is 10.0. The van der Waals surface area contributed by atoms with Gasteiger partial charge < -0.3 is 14.7 Å². The molecule has 188 valence electrons. The molecule has 5 rings (SSSR count). The summed E-state index contributed by atoms with van der Waals surface area (Å²) in [7, 11) is 0. The molecule has 7 heteroatoms. The SMILES string of the molecule is Cc1cccc(N2CCN(C(=O)C3CCCN(c4cnn(Cc5ccccc5)c(=O)c4)C3)CC2)c1C. The highest BCUT2D eigenvalue weighted by molar-refractivity contribution is 5.80. The summed E-state index contributed by atoms with van der Waals surface area (Å²) < 4.78 is 1.49. The lowest BCUT2D eigenvalue weighted by molar-refractivity contribution is -0.136. The topological polar surface area (TPSA) is 61.7 Å². The Kier molecular flexibility index (Phi) is 7.07. The first-order valence-electron chi connectivity index (χ1n) is 13.0. The van der Waals surface area contributed by atoms with Crippen LogP contribution >= 0.6 is 0 Å². The van der Waals surface area contributed by atoms with Gasteiger partial charge in [-0.15, -0.1) is 0 Å². The predicted molar refractivity (Wildman–Crippen MR) is 144 cm³/mol. The number of piperazine rings is 1. The maximum atomic E-state index is 13.4. The van der Waals surface area contributed by atoms with Gasteiger partial charge in [0.1, 0.15) is 0 Å². The van der Waals surface area contributed by atoms with Gasteiger partial charge in [-0.1, -0.05) is 42.5 Å². The minimum Gasteiger partial charge on any atom is -0.369 e. The Morgan fingerprint density at radius 1 is 0.944 bits per heavy atom. The summed E-state index contributed by atoms with van der Waals surface area (Å²) >= 11 is 0. The van der Waals surface area contributed by atoms with Gasteiger partial charge in [0.25, 0.3) is 5.56 Å². The normalized spacial score (nSPS) is 18.4. The molecule has 0 saturated carbocycles. The molecule has 2 aliphatic heterocycles. The number of anilines is 2. The van der Waals surface area contributed by atoms with Crippen LogP contribution in [0, 0.1) is 19.8 Å². The quantitative estimate of drug-likeness (QED) is 0.554. The lowest BCUT2D eigenvalue weighted by atomic mass is 9.95. The number of aromatic nitrogens is 2. The first-order chi connectivity index (χ1) is 17.5. The van der Waals surface area contributed by atoms with E-state index in [1.165, 1.54) is 21.5 Å². The van der Waals surface area contributed by atoms with Gasteiger partial charge in [0.15, 0.2) is 0 Å². The first-order valence-corrected chi connectivity index (χ1v) is 13.0. The number of carbonyl (C=O) groups is 1. The average molecular weight is 486 g/mol. The molecule has 0 aliphatic carbocycles. The molecule has 0 radical (unpaired) electrons. The Balaban J connectivity index is 1.20. The summed E-state index contributed by atoms with van der Waals surface area (Å²) in [5, 5.41) is 4.42. The lowest BCUT2D eigenvalue weighted by Crippen LogP contribution is -2.52. The van der Waals surface area contributed by atoms with E-state index >= 15 is 0 Å². The number of piperidine rings is 1. The van der Waals surface area contributed by atoms with Crippen molar-refractivity contribution in [3.8, 4) is 0 Å². The van der Waals surface area contributed by atoms with Gasteiger partial charge in [0.2, 0.25) is 5.91 Å². The fourth-order valence-electron chi connectivity index (χ4n) is 5.39. The zero-order valence-corrected chi connectivity index (χ0v) is 21.3. The predicted octanol–water partition coefficient (Wildman–Crippen LogP) is 3.47. The van der Waals surface area contributed by atoms with Crippen LogP contribution in [-0.4, -0.2) is 59.9 Å². The van der Waals surface area contributed by atoms with E-state index in [1.807, 2.05) is 35.2 Å². The number of rotatable bonds is 5. The van der Waals surface area contributed by atoms with Crippen molar-refractivity contribution in [3.05, 3.63) is 87.8 Å². The third-order valence-corrected chi connectivity index (χ3v) is 7.67. The molecule has 0 spiro atoms. The van der Waals surface area contributed by atoms with Crippen molar-refractivity contribution < 1.29 is 4.79 Å². The van der Waals surface area contributed by atoms with Gasteiger partial charge in [-0.3, -0.25) is 9.59 Å². The Morgan fingerprint density at radius 3 is 2.47 bits per heavy atom. The monoisotopic (exact) mass is 485 g/mol. The van der Waals surface area contributed by atoms with Crippen LogP contribution < -0.4 is 15.4 Å². The highest BCUT2D eigenvalue weighted by atomic mass is 16.2.